The lowest BCUT2D eigenvalue weighted by Crippen LogP contribution is -2.25. The Hall–Kier alpha value is -3.15. The second-order valence-corrected chi connectivity index (χ2v) is 7.58. The molecule has 3 rings (SSSR count). The second kappa shape index (κ2) is 9.57. The average Bonchev–Trinajstić information content (AvgIpc) is 2.78. The molecule has 1 unspecified atom stereocenters. The number of hydrogen-bond donors (Lipinski definition) is 2. The summed E-state index contributed by atoms with van der Waals surface area (Å²) in [6.45, 7) is 6.50. The number of ketones is 2. The molecule has 0 saturated carbocycles. The Balaban J connectivity index is 1.99. The van der Waals surface area contributed by atoms with Crippen molar-refractivity contribution in [1.29, 1.82) is 0 Å². The number of nitrogens with one attached hydrogen (secondary N) is 2. The third-order valence-corrected chi connectivity index (χ3v) is 5.45. The number of hydrogen-bond acceptors (Lipinski definition) is 6. The number of carbonyl (C=O) groups excluding carboxylic acids is 3. The maximum Gasteiger partial charge on any atom is 0.334 e. The third-order valence-electron chi connectivity index (χ3n) is 5.45. The average molecular weight is 408 g/mol. The Labute approximate surface area is 177 Å². The number of carbonyl (C=O) groups is 3. The van der Waals surface area contributed by atoms with Gasteiger partial charge in [-0.25, -0.2) is 10.3 Å². The summed E-state index contributed by atoms with van der Waals surface area (Å²) in [6, 6.07) is 10.2. The first-order valence-corrected chi connectivity index (χ1v) is 10.6. The highest BCUT2D eigenvalue weighted by molar-refractivity contribution is 6.31. The van der Waals surface area contributed by atoms with Crippen molar-refractivity contribution in [2.45, 2.75) is 46.5 Å². The van der Waals surface area contributed by atoms with E-state index in [2.05, 4.69) is 17.7 Å². The van der Waals surface area contributed by atoms with Crippen LogP contribution in [0.25, 0.3) is 0 Å². The van der Waals surface area contributed by atoms with E-state index in [9.17, 15) is 14.4 Å². The summed E-state index contributed by atoms with van der Waals surface area (Å²) in [5, 5.41) is 3.30. The summed E-state index contributed by atoms with van der Waals surface area (Å²) in [7, 11) is 0. The molecule has 1 aliphatic rings. The van der Waals surface area contributed by atoms with Gasteiger partial charge in [-0.2, -0.15) is 0 Å². The molecule has 0 amide bonds. The summed E-state index contributed by atoms with van der Waals surface area (Å²) in [4.78, 5) is 43.8. The van der Waals surface area contributed by atoms with E-state index in [0.717, 1.165) is 19.3 Å². The van der Waals surface area contributed by atoms with E-state index in [1.54, 1.807) is 43.3 Å². The van der Waals surface area contributed by atoms with Crippen LogP contribution in [-0.4, -0.2) is 24.1 Å². The van der Waals surface area contributed by atoms with Gasteiger partial charge in [0.25, 0.3) is 0 Å². The first kappa shape index (κ1) is 21.6. The molecular weight excluding hydrogens is 380 g/mol. The summed E-state index contributed by atoms with van der Waals surface area (Å²) in [5.41, 5.74) is 4.85. The Morgan fingerprint density at radius 3 is 2.13 bits per heavy atom. The molecule has 6 nitrogen and oxygen atoms in total. The molecule has 0 radical (unpaired) electrons. The minimum Gasteiger partial charge on any atom is -0.384 e. The van der Waals surface area contributed by atoms with E-state index in [0.29, 0.717) is 41.0 Å². The SMILES string of the molecule is CCCCCNc1ccc(NOC(=O)C(C)CC)c2c1C(=O)c1ccccc1C2=O. The Kier molecular flexibility index (Phi) is 6.87. The smallest absolute Gasteiger partial charge is 0.334 e. The molecule has 158 valence electrons. The van der Waals surface area contributed by atoms with Crippen LogP contribution in [0.4, 0.5) is 11.4 Å². The molecule has 0 heterocycles. The van der Waals surface area contributed by atoms with E-state index in [1.165, 1.54) is 0 Å². The van der Waals surface area contributed by atoms with Gasteiger partial charge in [-0.1, -0.05) is 57.9 Å². The lowest BCUT2D eigenvalue weighted by Gasteiger charge is -2.23. The monoisotopic (exact) mass is 408 g/mol. The highest BCUT2D eigenvalue weighted by Crippen LogP contribution is 2.36. The van der Waals surface area contributed by atoms with Crippen LogP contribution in [-0.2, 0) is 9.63 Å². The standard InChI is InChI=1S/C24H28N2O4/c1-4-6-9-14-25-18-12-13-19(26-30-24(29)15(3)5-2)21-20(18)22(27)16-10-7-8-11-17(16)23(21)28/h7-8,10-13,15,25-26H,4-6,9,14H2,1-3H3. The molecule has 0 aliphatic heterocycles. The summed E-state index contributed by atoms with van der Waals surface area (Å²) in [5.74, 6) is -1.16. The van der Waals surface area contributed by atoms with Gasteiger partial charge in [0, 0.05) is 23.4 Å². The molecule has 0 bridgehead atoms. The van der Waals surface area contributed by atoms with E-state index >= 15 is 0 Å². The van der Waals surface area contributed by atoms with E-state index in [4.69, 9.17) is 4.84 Å². The molecule has 2 aromatic carbocycles. The zero-order valence-electron chi connectivity index (χ0n) is 17.7. The normalized spacial score (nSPS) is 13.3. The van der Waals surface area contributed by atoms with Crippen LogP contribution in [0.1, 0.15) is 78.3 Å². The van der Waals surface area contributed by atoms with Crippen LogP contribution in [0.15, 0.2) is 36.4 Å². The molecule has 0 saturated heterocycles. The topological polar surface area (TPSA) is 84.5 Å². The van der Waals surface area contributed by atoms with Gasteiger partial charge in [0.05, 0.1) is 22.7 Å². The van der Waals surface area contributed by atoms with Crippen molar-refractivity contribution in [1.82, 2.24) is 0 Å². The molecule has 1 aliphatic carbocycles. The van der Waals surface area contributed by atoms with Gasteiger partial charge >= 0.3 is 5.97 Å². The predicted octanol–water partition coefficient (Wildman–Crippen LogP) is 4.98. The van der Waals surface area contributed by atoms with Crippen molar-refractivity contribution in [3.05, 3.63) is 58.7 Å². The predicted molar refractivity (Wildman–Crippen MR) is 117 cm³/mol. The fourth-order valence-corrected chi connectivity index (χ4v) is 3.43. The fraction of sp³-hybridized carbons (Fsp3) is 0.375. The molecule has 2 N–H and O–H groups in total. The third kappa shape index (κ3) is 4.22. The van der Waals surface area contributed by atoms with Crippen molar-refractivity contribution in [3.63, 3.8) is 0 Å². The van der Waals surface area contributed by atoms with Gasteiger partial charge < -0.3 is 10.2 Å². The van der Waals surface area contributed by atoms with E-state index in [-0.39, 0.29) is 23.0 Å². The Morgan fingerprint density at radius 2 is 1.53 bits per heavy atom. The summed E-state index contributed by atoms with van der Waals surface area (Å²) in [6.07, 6.45) is 3.78. The van der Waals surface area contributed by atoms with Crippen molar-refractivity contribution in [2.24, 2.45) is 5.92 Å². The van der Waals surface area contributed by atoms with Gasteiger partial charge in [0.2, 0.25) is 0 Å². The maximum atomic E-state index is 13.3. The van der Waals surface area contributed by atoms with Gasteiger partial charge in [-0.3, -0.25) is 9.59 Å². The first-order chi connectivity index (χ1) is 14.5. The number of rotatable bonds is 9. The van der Waals surface area contributed by atoms with Crippen molar-refractivity contribution in [2.75, 3.05) is 17.3 Å². The molecule has 2 aromatic rings. The van der Waals surface area contributed by atoms with Gasteiger partial charge in [0.1, 0.15) is 0 Å². The Bertz CT molecular complexity index is 968. The van der Waals surface area contributed by atoms with Crippen LogP contribution in [0.5, 0.6) is 0 Å². The number of anilines is 2. The van der Waals surface area contributed by atoms with Crippen molar-refractivity contribution in [3.8, 4) is 0 Å². The van der Waals surface area contributed by atoms with Gasteiger partial charge in [-0.05, 0) is 25.0 Å². The lowest BCUT2D eigenvalue weighted by molar-refractivity contribution is -0.144. The van der Waals surface area contributed by atoms with Crippen LogP contribution in [0.2, 0.25) is 0 Å². The zero-order valence-corrected chi connectivity index (χ0v) is 17.7. The summed E-state index contributed by atoms with van der Waals surface area (Å²) >= 11 is 0. The minimum absolute atomic E-state index is 0.213. The van der Waals surface area contributed by atoms with Crippen molar-refractivity contribution < 1.29 is 19.2 Å². The first-order valence-electron chi connectivity index (χ1n) is 10.6. The quantitative estimate of drug-likeness (QED) is 0.384. The maximum absolute atomic E-state index is 13.3. The van der Waals surface area contributed by atoms with E-state index < -0.39 is 5.97 Å². The largest absolute Gasteiger partial charge is 0.384 e. The van der Waals surface area contributed by atoms with Gasteiger partial charge in [-0.15, -0.1) is 0 Å². The van der Waals surface area contributed by atoms with E-state index in [1.807, 2.05) is 6.92 Å². The molecule has 0 spiro atoms. The molecule has 30 heavy (non-hydrogen) atoms. The molecule has 6 heteroatoms. The van der Waals surface area contributed by atoms with Crippen LogP contribution >= 0.6 is 0 Å². The molecule has 1 atom stereocenters. The molecule has 0 fully saturated rings. The fourth-order valence-electron chi connectivity index (χ4n) is 3.43. The van der Waals surface area contributed by atoms with Gasteiger partial charge in [0.15, 0.2) is 11.6 Å². The second-order valence-electron chi connectivity index (χ2n) is 7.58. The minimum atomic E-state index is -0.414. The molecular formula is C24H28N2O4. The van der Waals surface area contributed by atoms with Crippen molar-refractivity contribution >= 4 is 28.9 Å². The highest BCUT2D eigenvalue weighted by atomic mass is 16.7. The highest BCUT2D eigenvalue weighted by Gasteiger charge is 2.34. The van der Waals surface area contributed by atoms with Crippen LogP contribution < -0.4 is 10.8 Å². The number of unbranched alkanes of at least 4 members (excludes halogenated alkanes) is 2. The Morgan fingerprint density at radius 1 is 0.933 bits per heavy atom. The van der Waals surface area contributed by atoms with Crippen LogP contribution in [0, 0.1) is 5.92 Å². The zero-order chi connectivity index (χ0) is 21.7. The van der Waals surface area contributed by atoms with Crippen LogP contribution in [0.3, 0.4) is 0 Å². The number of benzene rings is 2. The number of fused-ring (bicyclic) bond motifs is 2. The molecule has 0 aromatic heterocycles. The summed E-state index contributed by atoms with van der Waals surface area (Å²) < 4.78 is 0. The lowest BCUT2D eigenvalue weighted by atomic mass is 9.82.